The molecule has 5 heteroatoms. The fraction of sp³-hybridized carbons (Fsp3) is 0.458. The Hall–Kier alpha value is -2.53. The first kappa shape index (κ1) is 19.8. The Morgan fingerprint density at radius 3 is 2.48 bits per heavy atom. The summed E-state index contributed by atoms with van der Waals surface area (Å²) in [7, 11) is 1.69. The summed E-state index contributed by atoms with van der Waals surface area (Å²) in [4.78, 5) is 19.7. The van der Waals surface area contributed by atoms with Gasteiger partial charge in [-0.2, -0.15) is 0 Å². The van der Waals surface area contributed by atoms with Crippen LogP contribution in [-0.4, -0.2) is 62.1 Å². The number of amides is 1. The first-order chi connectivity index (χ1) is 14.1. The number of piperazine rings is 1. The highest BCUT2D eigenvalue weighted by Gasteiger charge is 2.30. The molecule has 5 nitrogen and oxygen atoms in total. The number of ether oxygens (including phenoxy) is 1. The van der Waals surface area contributed by atoms with Crippen LogP contribution < -0.4 is 9.64 Å². The standard InChI is InChI=1S/C24H31N3O2/c1-19-5-3-6-21(17-19)25-13-15-26(16-14-25)24(28)18-27-12-4-7-23(27)20-8-10-22(29-2)11-9-20/h3,5-6,8-11,17,23H,4,7,12-16,18H2,1-2H3/t23-/m0/s1. The Morgan fingerprint density at radius 2 is 1.79 bits per heavy atom. The Balaban J connectivity index is 1.33. The summed E-state index contributed by atoms with van der Waals surface area (Å²) in [6, 6.07) is 17.2. The average Bonchev–Trinajstić information content (AvgIpc) is 3.22. The summed E-state index contributed by atoms with van der Waals surface area (Å²) in [5, 5.41) is 0. The molecule has 4 rings (SSSR count). The number of carbonyl (C=O) groups excluding carboxylic acids is 1. The number of methoxy groups -OCH3 is 1. The number of benzene rings is 2. The molecule has 0 radical (unpaired) electrons. The van der Waals surface area contributed by atoms with Crippen LogP contribution in [0.5, 0.6) is 5.75 Å². The maximum atomic E-state index is 13.0. The lowest BCUT2D eigenvalue weighted by Gasteiger charge is -2.37. The highest BCUT2D eigenvalue weighted by Crippen LogP contribution is 2.32. The topological polar surface area (TPSA) is 36.0 Å². The van der Waals surface area contributed by atoms with Crippen LogP contribution in [0.4, 0.5) is 5.69 Å². The van der Waals surface area contributed by atoms with E-state index in [1.807, 2.05) is 17.0 Å². The molecule has 2 aliphatic rings. The number of likely N-dealkylation sites (tertiary alicyclic amines) is 1. The maximum absolute atomic E-state index is 13.0. The normalized spacial score (nSPS) is 20.1. The van der Waals surface area contributed by atoms with E-state index in [9.17, 15) is 4.79 Å². The second kappa shape index (κ2) is 8.87. The second-order valence-corrected chi connectivity index (χ2v) is 8.11. The molecule has 2 heterocycles. The molecular weight excluding hydrogens is 362 g/mol. The third kappa shape index (κ3) is 4.56. The Morgan fingerprint density at radius 1 is 1.03 bits per heavy atom. The Bertz CT molecular complexity index is 828. The van der Waals surface area contributed by atoms with E-state index in [2.05, 4.69) is 53.1 Å². The van der Waals surface area contributed by atoms with Gasteiger partial charge in [0.2, 0.25) is 5.91 Å². The summed E-state index contributed by atoms with van der Waals surface area (Å²) < 4.78 is 5.27. The molecule has 0 unspecified atom stereocenters. The van der Waals surface area contributed by atoms with Crippen molar-refractivity contribution >= 4 is 11.6 Å². The molecule has 0 aliphatic carbocycles. The van der Waals surface area contributed by atoms with Gasteiger partial charge in [0.05, 0.1) is 13.7 Å². The number of carbonyl (C=O) groups is 1. The highest BCUT2D eigenvalue weighted by atomic mass is 16.5. The van der Waals surface area contributed by atoms with Gasteiger partial charge < -0.3 is 14.5 Å². The van der Waals surface area contributed by atoms with Crippen LogP contribution in [0.1, 0.15) is 30.0 Å². The van der Waals surface area contributed by atoms with Crippen LogP contribution in [-0.2, 0) is 4.79 Å². The lowest BCUT2D eigenvalue weighted by molar-refractivity contribution is -0.133. The van der Waals surface area contributed by atoms with Gasteiger partial charge in [-0.05, 0) is 61.7 Å². The Kier molecular flexibility index (Phi) is 6.05. The van der Waals surface area contributed by atoms with E-state index in [-0.39, 0.29) is 5.91 Å². The minimum absolute atomic E-state index is 0.259. The monoisotopic (exact) mass is 393 g/mol. The summed E-state index contributed by atoms with van der Waals surface area (Å²) >= 11 is 0. The zero-order valence-electron chi connectivity index (χ0n) is 17.5. The highest BCUT2D eigenvalue weighted by molar-refractivity contribution is 5.78. The Labute approximate surface area is 173 Å². The van der Waals surface area contributed by atoms with Gasteiger partial charge in [-0.15, -0.1) is 0 Å². The molecule has 0 spiro atoms. The predicted molar refractivity (Wildman–Crippen MR) is 117 cm³/mol. The third-order valence-corrected chi connectivity index (χ3v) is 6.20. The SMILES string of the molecule is COc1ccc([C@@H]2CCCN2CC(=O)N2CCN(c3cccc(C)c3)CC2)cc1. The molecule has 1 atom stereocenters. The van der Waals surface area contributed by atoms with Gasteiger partial charge in [0.15, 0.2) is 0 Å². The minimum atomic E-state index is 0.259. The van der Waals surface area contributed by atoms with Gasteiger partial charge in [0.25, 0.3) is 0 Å². The van der Waals surface area contributed by atoms with Crippen molar-refractivity contribution in [3.63, 3.8) is 0 Å². The van der Waals surface area contributed by atoms with E-state index in [4.69, 9.17) is 4.74 Å². The molecule has 154 valence electrons. The number of rotatable bonds is 5. The van der Waals surface area contributed by atoms with Crippen LogP contribution in [0, 0.1) is 6.92 Å². The summed E-state index contributed by atoms with van der Waals surface area (Å²) in [6.45, 7) is 7.03. The van der Waals surface area contributed by atoms with Crippen LogP contribution in [0.3, 0.4) is 0 Å². The zero-order valence-corrected chi connectivity index (χ0v) is 17.5. The van der Waals surface area contributed by atoms with E-state index in [0.717, 1.165) is 51.3 Å². The molecule has 29 heavy (non-hydrogen) atoms. The van der Waals surface area contributed by atoms with Gasteiger partial charge in [0, 0.05) is 37.9 Å². The fourth-order valence-corrected chi connectivity index (χ4v) is 4.53. The molecule has 1 amide bonds. The first-order valence-corrected chi connectivity index (χ1v) is 10.6. The molecule has 2 aromatic rings. The predicted octanol–water partition coefficient (Wildman–Crippen LogP) is 3.49. The van der Waals surface area contributed by atoms with Crippen LogP contribution >= 0.6 is 0 Å². The zero-order chi connectivity index (χ0) is 20.2. The smallest absolute Gasteiger partial charge is 0.236 e. The van der Waals surface area contributed by atoms with E-state index >= 15 is 0 Å². The van der Waals surface area contributed by atoms with Gasteiger partial charge in [-0.1, -0.05) is 24.3 Å². The third-order valence-electron chi connectivity index (χ3n) is 6.20. The van der Waals surface area contributed by atoms with Crippen molar-refractivity contribution in [1.82, 2.24) is 9.80 Å². The van der Waals surface area contributed by atoms with E-state index < -0.39 is 0 Å². The molecule has 2 saturated heterocycles. The number of aryl methyl sites for hydroxylation is 1. The van der Waals surface area contributed by atoms with Crippen molar-refractivity contribution in [2.24, 2.45) is 0 Å². The van der Waals surface area contributed by atoms with Crippen molar-refractivity contribution < 1.29 is 9.53 Å². The molecule has 0 bridgehead atoms. The first-order valence-electron chi connectivity index (χ1n) is 10.6. The van der Waals surface area contributed by atoms with Gasteiger partial charge in [0.1, 0.15) is 5.75 Å². The molecular formula is C24H31N3O2. The number of nitrogens with zero attached hydrogens (tertiary/aromatic N) is 3. The minimum Gasteiger partial charge on any atom is -0.497 e. The van der Waals surface area contributed by atoms with E-state index in [1.165, 1.54) is 16.8 Å². The molecule has 0 aromatic heterocycles. The van der Waals surface area contributed by atoms with Crippen LogP contribution in [0.2, 0.25) is 0 Å². The average molecular weight is 394 g/mol. The lowest BCUT2D eigenvalue weighted by atomic mass is 10.0. The summed E-state index contributed by atoms with van der Waals surface area (Å²) in [6.07, 6.45) is 2.26. The molecule has 0 saturated carbocycles. The molecule has 2 aliphatic heterocycles. The second-order valence-electron chi connectivity index (χ2n) is 8.11. The van der Waals surface area contributed by atoms with Crippen LogP contribution in [0.25, 0.3) is 0 Å². The largest absolute Gasteiger partial charge is 0.497 e. The van der Waals surface area contributed by atoms with E-state index in [1.54, 1.807) is 7.11 Å². The van der Waals surface area contributed by atoms with Crippen molar-refractivity contribution in [1.29, 1.82) is 0 Å². The summed E-state index contributed by atoms with van der Waals surface area (Å²) in [5.41, 5.74) is 3.82. The summed E-state index contributed by atoms with van der Waals surface area (Å²) in [5.74, 6) is 1.13. The molecule has 0 N–H and O–H groups in total. The van der Waals surface area contributed by atoms with Gasteiger partial charge in [-0.3, -0.25) is 9.69 Å². The van der Waals surface area contributed by atoms with Gasteiger partial charge in [-0.25, -0.2) is 0 Å². The lowest BCUT2D eigenvalue weighted by Crippen LogP contribution is -2.51. The van der Waals surface area contributed by atoms with Crippen molar-refractivity contribution in [3.05, 3.63) is 59.7 Å². The fourth-order valence-electron chi connectivity index (χ4n) is 4.53. The number of anilines is 1. The van der Waals surface area contributed by atoms with Crippen molar-refractivity contribution in [2.75, 3.05) is 51.3 Å². The van der Waals surface area contributed by atoms with E-state index in [0.29, 0.717) is 12.6 Å². The molecule has 2 fully saturated rings. The van der Waals surface area contributed by atoms with Crippen molar-refractivity contribution in [3.8, 4) is 5.75 Å². The van der Waals surface area contributed by atoms with Crippen molar-refractivity contribution in [2.45, 2.75) is 25.8 Å². The molecule has 2 aromatic carbocycles. The maximum Gasteiger partial charge on any atom is 0.236 e. The quantitative estimate of drug-likeness (QED) is 0.779. The van der Waals surface area contributed by atoms with Gasteiger partial charge >= 0.3 is 0 Å². The van der Waals surface area contributed by atoms with Crippen LogP contribution in [0.15, 0.2) is 48.5 Å². The number of hydrogen-bond donors (Lipinski definition) is 0. The number of hydrogen-bond acceptors (Lipinski definition) is 4.